The third-order valence-electron chi connectivity index (χ3n) is 4.10. The van der Waals surface area contributed by atoms with E-state index in [9.17, 15) is 18.8 Å². The van der Waals surface area contributed by atoms with Crippen LogP contribution in [0.2, 0.25) is 0 Å². The number of hydrogen-bond acceptors (Lipinski definition) is 5. The van der Waals surface area contributed by atoms with Gasteiger partial charge in [0.25, 0.3) is 11.5 Å². The minimum Gasteiger partial charge on any atom is -0.462 e. The maximum atomic E-state index is 13.0. The van der Waals surface area contributed by atoms with E-state index in [-0.39, 0.29) is 24.6 Å². The lowest BCUT2D eigenvalue weighted by Crippen LogP contribution is -2.32. The first-order chi connectivity index (χ1) is 14.5. The zero-order chi connectivity index (χ0) is 21.5. The molecule has 0 fully saturated rings. The lowest BCUT2D eigenvalue weighted by Gasteiger charge is -2.10. The molecule has 1 heterocycles. The number of aromatic nitrogens is 1. The monoisotopic (exact) mass is 410 g/mol. The van der Waals surface area contributed by atoms with Crippen LogP contribution in [-0.2, 0) is 11.3 Å². The van der Waals surface area contributed by atoms with E-state index in [2.05, 4.69) is 5.32 Å². The number of nitrogens with one attached hydrogen (secondary N) is 1. The fourth-order valence-electron chi connectivity index (χ4n) is 2.58. The van der Waals surface area contributed by atoms with Crippen LogP contribution in [0.4, 0.5) is 10.1 Å². The summed E-state index contributed by atoms with van der Waals surface area (Å²) in [6.07, 6.45) is 1.39. The smallest absolute Gasteiger partial charge is 0.338 e. The van der Waals surface area contributed by atoms with Crippen molar-refractivity contribution in [2.24, 2.45) is 0 Å². The van der Waals surface area contributed by atoms with Crippen molar-refractivity contribution in [3.63, 3.8) is 0 Å². The molecule has 0 saturated heterocycles. The second-order valence-corrected chi connectivity index (χ2v) is 6.20. The van der Waals surface area contributed by atoms with Gasteiger partial charge in [-0.3, -0.25) is 9.59 Å². The van der Waals surface area contributed by atoms with Gasteiger partial charge in [0.2, 0.25) is 0 Å². The van der Waals surface area contributed by atoms with Crippen molar-refractivity contribution >= 4 is 17.6 Å². The number of ether oxygens (including phenoxy) is 1. The second kappa shape index (κ2) is 9.51. The lowest BCUT2D eigenvalue weighted by molar-refractivity contribution is 0.0526. The number of nitrogens with zero attached hydrogens (tertiary/aromatic N) is 1. The number of esters is 1. The van der Waals surface area contributed by atoms with Crippen molar-refractivity contribution in [3.8, 4) is 0 Å². The fourth-order valence-corrected chi connectivity index (χ4v) is 2.58. The molecule has 0 aliphatic carbocycles. The molecular weight excluding hydrogens is 391 g/mol. The van der Waals surface area contributed by atoms with Gasteiger partial charge in [-0.25, -0.2) is 9.18 Å². The Morgan fingerprint density at radius 1 is 1.03 bits per heavy atom. The minimum absolute atomic E-state index is 0.0284. The number of rotatable bonds is 7. The molecule has 2 aromatic carbocycles. The number of benzene rings is 2. The molecule has 0 atom stereocenters. The van der Waals surface area contributed by atoms with Crippen LogP contribution in [0.15, 0.2) is 71.7 Å². The van der Waals surface area contributed by atoms with Gasteiger partial charge in [0.05, 0.1) is 12.2 Å². The van der Waals surface area contributed by atoms with E-state index in [0.29, 0.717) is 16.8 Å². The highest BCUT2D eigenvalue weighted by molar-refractivity contribution is 6.04. The van der Waals surface area contributed by atoms with Gasteiger partial charge >= 0.3 is 5.97 Å². The predicted octanol–water partition coefficient (Wildman–Crippen LogP) is 3.05. The molecule has 1 aromatic heterocycles. The highest BCUT2D eigenvalue weighted by Gasteiger charge is 2.14. The highest BCUT2D eigenvalue weighted by atomic mass is 19.1. The van der Waals surface area contributed by atoms with E-state index in [0.717, 1.165) is 4.73 Å². The van der Waals surface area contributed by atoms with E-state index in [1.165, 1.54) is 66.9 Å². The summed E-state index contributed by atoms with van der Waals surface area (Å²) in [5.74, 6) is -1.45. The molecule has 3 aromatic rings. The first-order valence-electron chi connectivity index (χ1n) is 9.16. The molecular formula is C22H19FN2O5. The highest BCUT2D eigenvalue weighted by Crippen LogP contribution is 2.12. The van der Waals surface area contributed by atoms with Gasteiger partial charge in [0, 0.05) is 11.9 Å². The number of pyridine rings is 1. The Morgan fingerprint density at radius 3 is 2.40 bits per heavy atom. The van der Waals surface area contributed by atoms with Crippen LogP contribution in [0.3, 0.4) is 0 Å². The van der Waals surface area contributed by atoms with Gasteiger partial charge in [-0.05, 0) is 61.0 Å². The predicted molar refractivity (Wildman–Crippen MR) is 108 cm³/mol. The Bertz CT molecular complexity index is 1090. The van der Waals surface area contributed by atoms with Crippen LogP contribution in [-0.4, -0.2) is 23.2 Å². The van der Waals surface area contributed by atoms with Crippen molar-refractivity contribution in [1.29, 1.82) is 0 Å². The summed E-state index contributed by atoms with van der Waals surface area (Å²) < 4.78 is 18.8. The maximum absolute atomic E-state index is 13.0. The van der Waals surface area contributed by atoms with Gasteiger partial charge in [0.15, 0.2) is 0 Å². The SMILES string of the molecule is CCOC(=O)c1ccc(NC(=O)c2cccn(OCc3ccc(F)cc3)c2=O)cc1. The standard InChI is InChI=1S/C22H19FN2O5/c1-2-29-22(28)16-7-11-18(12-8-16)24-20(26)19-4-3-13-25(21(19)27)30-14-15-5-9-17(23)10-6-15/h3-13H,2,14H2,1H3,(H,24,26). The molecule has 30 heavy (non-hydrogen) atoms. The fraction of sp³-hybridized carbons (Fsp3) is 0.136. The number of hydrogen-bond donors (Lipinski definition) is 1. The van der Waals surface area contributed by atoms with Gasteiger partial charge < -0.3 is 14.9 Å². The Hall–Kier alpha value is -3.94. The summed E-state index contributed by atoms with van der Waals surface area (Å²) in [6, 6.07) is 14.6. The van der Waals surface area contributed by atoms with Gasteiger partial charge in [-0.1, -0.05) is 12.1 Å². The van der Waals surface area contributed by atoms with Crippen molar-refractivity contribution in [2.45, 2.75) is 13.5 Å². The van der Waals surface area contributed by atoms with Crippen molar-refractivity contribution in [3.05, 3.63) is 99.7 Å². The Balaban J connectivity index is 1.69. The van der Waals surface area contributed by atoms with Crippen LogP contribution >= 0.6 is 0 Å². The normalized spacial score (nSPS) is 10.3. The van der Waals surface area contributed by atoms with E-state index >= 15 is 0 Å². The molecule has 7 nitrogen and oxygen atoms in total. The number of carbonyl (C=O) groups excluding carboxylic acids is 2. The minimum atomic E-state index is -0.639. The quantitative estimate of drug-likeness (QED) is 0.605. The number of amides is 1. The average Bonchev–Trinajstić information content (AvgIpc) is 2.75. The molecule has 3 rings (SSSR count). The zero-order valence-electron chi connectivity index (χ0n) is 16.1. The maximum Gasteiger partial charge on any atom is 0.338 e. The molecule has 0 unspecified atom stereocenters. The van der Waals surface area contributed by atoms with Gasteiger partial charge in [-0.15, -0.1) is 0 Å². The van der Waals surface area contributed by atoms with E-state index in [1.807, 2.05) is 0 Å². The third kappa shape index (κ3) is 5.11. The summed E-state index contributed by atoms with van der Waals surface area (Å²) in [5, 5.41) is 2.60. The van der Waals surface area contributed by atoms with Gasteiger partial charge in [-0.2, -0.15) is 4.73 Å². The Labute approximate surface area is 171 Å². The molecule has 0 radical (unpaired) electrons. The lowest BCUT2D eigenvalue weighted by atomic mass is 10.2. The molecule has 1 N–H and O–H groups in total. The molecule has 0 aliphatic heterocycles. The largest absolute Gasteiger partial charge is 0.462 e. The summed E-state index contributed by atoms with van der Waals surface area (Å²) in [4.78, 5) is 42.1. The van der Waals surface area contributed by atoms with E-state index in [1.54, 1.807) is 6.92 Å². The Morgan fingerprint density at radius 2 is 1.73 bits per heavy atom. The molecule has 0 bridgehead atoms. The van der Waals surface area contributed by atoms with Gasteiger partial charge in [0.1, 0.15) is 18.0 Å². The summed E-state index contributed by atoms with van der Waals surface area (Å²) >= 11 is 0. The van der Waals surface area contributed by atoms with Crippen LogP contribution < -0.4 is 15.7 Å². The topological polar surface area (TPSA) is 86.6 Å². The second-order valence-electron chi connectivity index (χ2n) is 6.20. The van der Waals surface area contributed by atoms with Crippen LogP contribution in [0, 0.1) is 5.82 Å². The van der Waals surface area contributed by atoms with E-state index in [4.69, 9.17) is 9.57 Å². The molecule has 8 heteroatoms. The summed E-state index contributed by atoms with van der Waals surface area (Å²) in [7, 11) is 0. The average molecular weight is 410 g/mol. The number of carbonyl (C=O) groups is 2. The van der Waals surface area contributed by atoms with Crippen molar-refractivity contribution < 1.29 is 23.6 Å². The van der Waals surface area contributed by atoms with Crippen LogP contribution in [0.25, 0.3) is 0 Å². The number of anilines is 1. The Kier molecular flexibility index (Phi) is 6.59. The molecule has 0 saturated carbocycles. The van der Waals surface area contributed by atoms with E-state index < -0.39 is 17.4 Å². The molecule has 0 aliphatic rings. The molecule has 0 spiro atoms. The van der Waals surface area contributed by atoms with Crippen LogP contribution in [0.1, 0.15) is 33.2 Å². The van der Waals surface area contributed by atoms with Crippen LogP contribution in [0.5, 0.6) is 0 Å². The van der Waals surface area contributed by atoms with Crippen molar-refractivity contribution in [1.82, 2.24) is 4.73 Å². The first-order valence-corrected chi connectivity index (χ1v) is 9.16. The first kappa shape index (κ1) is 20.8. The molecule has 1 amide bonds. The summed E-state index contributed by atoms with van der Waals surface area (Å²) in [6.45, 7) is 2.00. The third-order valence-corrected chi connectivity index (χ3v) is 4.10. The zero-order valence-corrected chi connectivity index (χ0v) is 16.1. The molecule has 154 valence electrons. The summed E-state index contributed by atoms with van der Waals surface area (Å²) in [5.41, 5.74) is 0.673. The number of halogens is 1. The van der Waals surface area contributed by atoms with Crippen molar-refractivity contribution in [2.75, 3.05) is 11.9 Å².